The summed E-state index contributed by atoms with van der Waals surface area (Å²) in [6, 6.07) is 7.45. The highest BCUT2D eigenvalue weighted by molar-refractivity contribution is 7.12. The topological polar surface area (TPSA) is 29.1 Å². The van der Waals surface area contributed by atoms with Crippen molar-refractivity contribution < 1.29 is 9.18 Å². The van der Waals surface area contributed by atoms with Crippen LogP contribution in [0.2, 0.25) is 5.02 Å². The molecule has 0 saturated heterocycles. The van der Waals surface area contributed by atoms with Gasteiger partial charge < -0.3 is 5.32 Å². The molecule has 1 amide bonds. The van der Waals surface area contributed by atoms with Crippen molar-refractivity contribution in [2.24, 2.45) is 0 Å². The highest BCUT2D eigenvalue weighted by Gasteiger charge is 2.10. The van der Waals surface area contributed by atoms with E-state index in [0.717, 1.165) is 0 Å². The minimum Gasteiger partial charge on any atom is -0.319 e. The highest BCUT2D eigenvalue weighted by Crippen LogP contribution is 2.20. The average molecular weight is 256 g/mol. The van der Waals surface area contributed by atoms with E-state index < -0.39 is 5.82 Å². The summed E-state index contributed by atoms with van der Waals surface area (Å²) in [6.45, 7) is 0. The zero-order valence-corrected chi connectivity index (χ0v) is 9.61. The number of rotatable bonds is 2. The minimum atomic E-state index is -0.505. The number of halogens is 2. The van der Waals surface area contributed by atoms with Crippen LogP contribution >= 0.6 is 22.9 Å². The summed E-state index contributed by atoms with van der Waals surface area (Å²) in [5.74, 6) is -0.842. The first-order valence-corrected chi connectivity index (χ1v) is 5.72. The number of carbonyl (C=O) groups excluding carboxylic acids is 1. The van der Waals surface area contributed by atoms with Gasteiger partial charge in [0, 0.05) is 5.02 Å². The lowest BCUT2D eigenvalue weighted by molar-refractivity contribution is 0.103. The van der Waals surface area contributed by atoms with E-state index >= 15 is 0 Å². The Morgan fingerprint density at radius 1 is 1.38 bits per heavy atom. The van der Waals surface area contributed by atoms with Crippen LogP contribution in [0.4, 0.5) is 10.1 Å². The van der Waals surface area contributed by atoms with Gasteiger partial charge in [0.15, 0.2) is 0 Å². The van der Waals surface area contributed by atoms with Gasteiger partial charge in [-0.3, -0.25) is 4.79 Å². The molecule has 1 aromatic heterocycles. The highest BCUT2D eigenvalue weighted by atomic mass is 35.5. The van der Waals surface area contributed by atoms with Crippen molar-refractivity contribution in [1.82, 2.24) is 0 Å². The predicted octanol–water partition coefficient (Wildman–Crippen LogP) is 3.79. The van der Waals surface area contributed by atoms with Gasteiger partial charge in [-0.2, -0.15) is 0 Å². The van der Waals surface area contributed by atoms with E-state index in [-0.39, 0.29) is 11.6 Å². The SMILES string of the molecule is O=C(Nc1cc(Cl)ccc1F)c1cccs1. The van der Waals surface area contributed by atoms with E-state index in [4.69, 9.17) is 11.6 Å². The van der Waals surface area contributed by atoms with Crippen LogP contribution in [0, 0.1) is 5.82 Å². The van der Waals surface area contributed by atoms with Gasteiger partial charge in [0.25, 0.3) is 5.91 Å². The van der Waals surface area contributed by atoms with Gasteiger partial charge in [0.05, 0.1) is 10.6 Å². The van der Waals surface area contributed by atoms with E-state index in [1.54, 1.807) is 17.5 Å². The molecular formula is C11H7ClFNOS. The van der Waals surface area contributed by atoms with Crippen molar-refractivity contribution in [3.8, 4) is 0 Å². The number of amides is 1. The van der Waals surface area contributed by atoms with Crippen LogP contribution in [0.25, 0.3) is 0 Å². The molecule has 2 nitrogen and oxygen atoms in total. The normalized spacial score (nSPS) is 10.1. The summed E-state index contributed by atoms with van der Waals surface area (Å²) >= 11 is 7.00. The lowest BCUT2D eigenvalue weighted by Gasteiger charge is -2.05. The van der Waals surface area contributed by atoms with Crippen LogP contribution in [0.1, 0.15) is 9.67 Å². The first-order valence-electron chi connectivity index (χ1n) is 4.47. The third kappa shape index (κ3) is 2.40. The Bertz CT molecular complexity index is 513. The van der Waals surface area contributed by atoms with Crippen LogP contribution in [-0.2, 0) is 0 Å². The molecule has 5 heteroatoms. The molecule has 0 aliphatic heterocycles. The quantitative estimate of drug-likeness (QED) is 0.869. The Morgan fingerprint density at radius 3 is 2.88 bits per heavy atom. The van der Waals surface area contributed by atoms with E-state index in [0.29, 0.717) is 9.90 Å². The van der Waals surface area contributed by atoms with Gasteiger partial charge in [0.1, 0.15) is 5.82 Å². The standard InChI is InChI=1S/C11H7ClFNOS/c12-7-3-4-8(13)9(6-7)14-11(15)10-2-1-5-16-10/h1-6H,(H,14,15). The minimum absolute atomic E-state index is 0.0888. The van der Waals surface area contributed by atoms with Crippen LogP contribution in [0.15, 0.2) is 35.7 Å². The Labute approximate surface area is 101 Å². The molecule has 2 rings (SSSR count). The van der Waals surface area contributed by atoms with E-state index in [1.807, 2.05) is 0 Å². The molecule has 0 aliphatic rings. The summed E-state index contributed by atoms with van der Waals surface area (Å²) in [4.78, 5) is 12.2. The molecule has 1 N–H and O–H groups in total. The molecule has 0 spiro atoms. The van der Waals surface area contributed by atoms with Gasteiger partial charge >= 0.3 is 0 Å². The number of carbonyl (C=O) groups is 1. The zero-order valence-electron chi connectivity index (χ0n) is 8.04. The first kappa shape index (κ1) is 11.1. The molecule has 0 bridgehead atoms. The molecule has 0 saturated carbocycles. The number of anilines is 1. The van der Waals surface area contributed by atoms with Crippen molar-refractivity contribution >= 4 is 34.5 Å². The molecule has 16 heavy (non-hydrogen) atoms. The third-order valence-electron chi connectivity index (χ3n) is 1.92. The second kappa shape index (κ2) is 4.63. The predicted molar refractivity (Wildman–Crippen MR) is 63.7 cm³/mol. The van der Waals surface area contributed by atoms with Gasteiger partial charge in [-0.1, -0.05) is 17.7 Å². The second-order valence-corrected chi connectivity index (χ2v) is 4.44. The number of thiophene rings is 1. The molecule has 0 aliphatic carbocycles. The molecule has 1 aromatic carbocycles. The van der Waals surface area contributed by atoms with Crippen molar-refractivity contribution in [2.45, 2.75) is 0 Å². The monoisotopic (exact) mass is 255 g/mol. The lowest BCUT2D eigenvalue weighted by atomic mass is 10.3. The summed E-state index contributed by atoms with van der Waals surface area (Å²) in [5.41, 5.74) is 0.0888. The van der Waals surface area contributed by atoms with Crippen molar-refractivity contribution in [1.29, 1.82) is 0 Å². The fourth-order valence-electron chi connectivity index (χ4n) is 1.18. The van der Waals surface area contributed by atoms with Crippen LogP contribution in [-0.4, -0.2) is 5.91 Å². The number of hydrogen-bond donors (Lipinski definition) is 1. The van der Waals surface area contributed by atoms with E-state index in [2.05, 4.69) is 5.32 Å². The Morgan fingerprint density at radius 2 is 2.19 bits per heavy atom. The van der Waals surface area contributed by atoms with Gasteiger partial charge in [-0.25, -0.2) is 4.39 Å². The van der Waals surface area contributed by atoms with Crippen LogP contribution in [0.5, 0.6) is 0 Å². The first-order chi connectivity index (χ1) is 7.66. The van der Waals surface area contributed by atoms with Gasteiger partial charge in [-0.15, -0.1) is 11.3 Å². The van der Waals surface area contributed by atoms with Crippen molar-refractivity contribution in [3.05, 3.63) is 51.4 Å². The van der Waals surface area contributed by atoms with Crippen LogP contribution < -0.4 is 5.32 Å². The van der Waals surface area contributed by atoms with Crippen molar-refractivity contribution in [3.63, 3.8) is 0 Å². The Kier molecular flexibility index (Phi) is 3.22. The van der Waals surface area contributed by atoms with Gasteiger partial charge in [0.2, 0.25) is 0 Å². The average Bonchev–Trinajstić information content (AvgIpc) is 2.76. The molecule has 0 fully saturated rings. The smallest absolute Gasteiger partial charge is 0.265 e. The second-order valence-electron chi connectivity index (χ2n) is 3.06. The zero-order chi connectivity index (χ0) is 11.5. The third-order valence-corrected chi connectivity index (χ3v) is 3.03. The molecular weight excluding hydrogens is 249 g/mol. The van der Waals surface area contributed by atoms with E-state index in [9.17, 15) is 9.18 Å². The molecule has 82 valence electrons. The number of hydrogen-bond acceptors (Lipinski definition) is 2. The maximum atomic E-state index is 13.3. The molecule has 0 atom stereocenters. The lowest BCUT2D eigenvalue weighted by Crippen LogP contribution is -2.11. The Balaban J connectivity index is 2.21. The van der Waals surface area contributed by atoms with Crippen LogP contribution in [0.3, 0.4) is 0 Å². The van der Waals surface area contributed by atoms with E-state index in [1.165, 1.54) is 29.5 Å². The number of nitrogens with one attached hydrogen (secondary N) is 1. The van der Waals surface area contributed by atoms with Gasteiger partial charge in [-0.05, 0) is 29.6 Å². The van der Waals surface area contributed by atoms with Crippen molar-refractivity contribution in [2.75, 3.05) is 5.32 Å². The Hall–Kier alpha value is -1.39. The summed E-state index contributed by atoms with van der Waals surface area (Å²) in [6.07, 6.45) is 0. The fourth-order valence-corrected chi connectivity index (χ4v) is 1.98. The number of benzene rings is 1. The summed E-state index contributed by atoms with van der Waals surface area (Å²) in [5, 5.41) is 4.62. The molecule has 0 unspecified atom stereocenters. The maximum absolute atomic E-state index is 13.3. The maximum Gasteiger partial charge on any atom is 0.265 e. The largest absolute Gasteiger partial charge is 0.319 e. The molecule has 1 heterocycles. The summed E-state index contributed by atoms with van der Waals surface area (Å²) in [7, 11) is 0. The fraction of sp³-hybridized carbons (Fsp3) is 0. The molecule has 0 radical (unpaired) electrons. The molecule has 2 aromatic rings. The summed E-state index contributed by atoms with van der Waals surface area (Å²) < 4.78 is 13.3.